The predicted molar refractivity (Wildman–Crippen MR) is 134 cm³/mol. The van der Waals surface area contributed by atoms with Crippen molar-refractivity contribution in [1.82, 2.24) is 15.1 Å². The lowest BCUT2D eigenvalue weighted by atomic mass is 9.80. The Morgan fingerprint density at radius 3 is 2.80 bits per heavy atom. The second-order valence-electron chi connectivity index (χ2n) is 9.98. The fourth-order valence-electron chi connectivity index (χ4n) is 4.82. The van der Waals surface area contributed by atoms with Gasteiger partial charge in [-0.3, -0.25) is 4.90 Å². The van der Waals surface area contributed by atoms with Crippen LogP contribution in [0, 0.1) is 0 Å². The molecule has 1 amide bonds. The smallest absolute Gasteiger partial charge is 0.410 e. The molecule has 11 heteroatoms. The summed E-state index contributed by atoms with van der Waals surface area (Å²) in [5.74, 6) is 0.535. The molecule has 2 unspecified atom stereocenters. The number of fused-ring (bicyclic) bond motifs is 2. The van der Waals surface area contributed by atoms with E-state index in [-0.39, 0.29) is 12.8 Å². The summed E-state index contributed by atoms with van der Waals surface area (Å²) >= 11 is 7.49. The Balaban J connectivity index is 1.54. The number of piperidine rings is 2. The van der Waals surface area contributed by atoms with Gasteiger partial charge in [0.15, 0.2) is 11.8 Å². The standard InChI is InChI=1S/C24H32ClFN4O4S/c1-24(2,3)34-23(31)30-15-7-6-8-17(30)20(26)18(12-15)29(4)22-28-27-21(35-22)16-10-9-14(25)11-19(16)33-13-32-5/h9-11,15,17-18,20H,6-8,12-13H2,1-5H3/t15?,17?,18-,20+/m1/s1. The van der Waals surface area contributed by atoms with E-state index in [0.717, 1.165) is 18.4 Å². The molecule has 3 heterocycles. The molecule has 0 saturated carbocycles. The number of benzene rings is 1. The third-order valence-electron chi connectivity index (χ3n) is 6.36. The zero-order valence-corrected chi connectivity index (χ0v) is 22.2. The molecule has 2 bridgehead atoms. The number of rotatable bonds is 6. The molecule has 0 N–H and O–H groups in total. The summed E-state index contributed by atoms with van der Waals surface area (Å²) in [4.78, 5) is 16.4. The number of amides is 1. The number of aromatic nitrogens is 2. The maximum absolute atomic E-state index is 15.9. The van der Waals surface area contributed by atoms with Gasteiger partial charge in [0.25, 0.3) is 0 Å². The van der Waals surface area contributed by atoms with Crippen molar-refractivity contribution in [2.75, 3.05) is 25.9 Å². The van der Waals surface area contributed by atoms with Crippen LogP contribution in [0.25, 0.3) is 10.6 Å². The molecular formula is C24H32ClFN4O4S. The van der Waals surface area contributed by atoms with E-state index in [1.54, 1.807) is 24.1 Å². The van der Waals surface area contributed by atoms with Crippen molar-refractivity contribution in [3.05, 3.63) is 23.2 Å². The third-order valence-corrected chi connectivity index (χ3v) is 7.64. The van der Waals surface area contributed by atoms with Crippen LogP contribution in [0.3, 0.4) is 0 Å². The lowest BCUT2D eigenvalue weighted by Crippen LogP contribution is -2.65. The van der Waals surface area contributed by atoms with E-state index in [1.807, 2.05) is 38.8 Å². The zero-order valence-electron chi connectivity index (χ0n) is 20.7. The molecule has 2 fully saturated rings. The topological polar surface area (TPSA) is 77.0 Å². The molecule has 8 nitrogen and oxygen atoms in total. The first kappa shape index (κ1) is 25.9. The SMILES string of the molecule is COCOc1cc(Cl)ccc1-c1nnc(N(C)[C@@H]2CC3CCCC([C@@H]2F)N3C(=O)OC(C)(C)C)s1. The number of alkyl halides is 1. The number of ether oxygens (including phenoxy) is 3. The summed E-state index contributed by atoms with van der Waals surface area (Å²) in [5, 5.41) is 10.5. The fraction of sp³-hybridized carbons (Fsp3) is 0.625. The Labute approximate surface area is 214 Å². The second-order valence-corrected chi connectivity index (χ2v) is 11.4. The molecule has 4 rings (SSSR count). The molecule has 1 aromatic carbocycles. The molecule has 2 saturated heterocycles. The van der Waals surface area contributed by atoms with Crippen LogP contribution in [-0.2, 0) is 9.47 Å². The maximum atomic E-state index is 15.9. The van der Waals surface area contributed by atoms with Crippen LogP contribution in [0.2, 0.25) is 5.02 Å². The minimum atomic E-state index is -1.23. The lowest BCUT2D eigenvalue weighted by molar-refractivity contribution is -0.0466. The molecule has 0 radical (unpaired) electrons. The molecule has 0 spiro atoms. The van der Waals surface area contributed by atoms with Crippen molar-refractivity contribution in [2.24, 2.45) is 0 Å². The monoisotopic (exact) mass is 526 g/mol. The number of carbonyl (C=O) groups is 1. The highest BCUT2D eigenvalue weighted by atomic mass is 35.5. The molecular weight excluding hydrogens is 495 g/mol. The van der Waals surface area contributed by atoms with Crippen LogP contribution in [0.5, 0.6) is 5.75 Å². The highest BCUT2D eigenvalue weighted by Crippen LogP contribution is 2.41. The first-order valence-electron chi connectivity index (χ1n) is 11.7. The van der Waals surface area contributed by atoms with Gasteiger partial charge in [-0.25, -0.2) is 9.18 Å². The van der Waals surface area contributed by atoms with Gasteiger partial charge in [-0.15, -0.1) is 10.2 Å². The molecule has 0 aliphatic carbocycles. The van der Waals surface area contributed by atoms with Gasteiger partial charge >= 0.3 is 6.09 Å². The van der Waals surface area contributed by atoms with E-state index in [1.165, 1.54) is 11.3 Å². The number of methoxy groups -OCH3 is 1. The summed E-state index contributed by atoms with van der Waals surface area (Å²) in [6, 6.07) is 4.28. The highest BCUT2D eigenvalue weighted by molar-refractivity contribution is 7.18. The van der Waals surface area contributed by atoms with Crippen LogP contribution in [0.15, 0.2) is 18.2 Å². The van der Waals surface area contributed by atoms with Crippen molar-refractivity contribution < 1.29 is 23.4 Å². The Kier molecular flexibility index (Phi) is 7.73. The summed E-state index contributed by atoms with van der Waals surface area (Å²) < 4.78 is 32.2. The summed E-state index contributed by atoms with van der Waals surface area (Å²) in [6.45, 7) is 5.55. The number of carbonyl (C=O) groups excluding carboxylic acids is 1. The second kappa shape index (κ2) is 10.4. The number of hydrogen-bond acceptors (Lipinski definition) is 8. The molecule has 192 valence electrons. The Morgan fingerprint density at radius 2 is 2.09 bits per heavy atom. The first-order valence-corrected chi connectivity index (χ1v) is 12.9. The van der Waals surface area contributed by atoms with Gasteiger partial charge in [0.1, 0.15) is 17.5 Å². The van der Waals surface area contributed by atoms with Gasteiger partial charge in [-0.2, -0.15) is 0 Å². The van der Waals surface area contributed by atoms with Gasteiger partial charge in [-0.1, -0.05) is 22.9 Å². The van der Waals surface area contributed by atoms with E-state index < -0.39 is 29.9 Å². The first-order chi connectivity index (χ1) is 16.6. The van der Waals surface area contributed by atoms with Gasteiger partial charge in [0, 0.05) is 25.2 Å². The summed E-state index contributed by atoms with van der Waals surface area (Å²) in [7, 11) is 3.38. The average molecular weight is 527 g/mol. The maximum Gasteiger partial charge on any atom is 0.410 e. The largest absolute Gasteiger partial charge is 0.467 e. The normalized spacial score (nSPS) is 24.3. The lowest BCUT2D eigenvalue weighted by Gasteiger charge is -2.51. The third kappa shape index (κ3) is 5.65. The summed E-state index contributed by atoms with van der Waals surface area (Å²) in [6.07, 6.45) is 1.20. The van der Waals surface area contributed by atoms with Crippen molar-refractivity contribution in [3.8, 4) is 16.3 Å². The van der Waals surface area contributed by atoms with Crippen molar-refractivity contribution in [1.29, 1.82) is 0 Å². The minimum Gasteiger partial charge on any atom is -0.467 e. The van der Waals surface area contributed by atoms with Gasteiger partial charge < -0.3 is 19.1 Å². The number of halogens is 2. The molecule has 2 aliphatic rings. The Bertz CT molecular complexity index is 1050. The van der Waals surface area contributed by atoms with Crippen molar-refractivity contribution in [2.45, 2.75) is 76.4 Å². The van der Waals surface area contributed by atoms with Crippen LogP contribution in [-0.4, -0.2) is 72.0 Å². The van der Waals surface area contributed by atoms with Crippen LogP contribution < -0.4 is 9.64 Å². The minimum absolute atomic E-state index is 0.0687. The zero-order chi connectivity index (χ0) is 25.3. The van der Waals surface area contributed by atoms with Gasteiger partial charge in [0.05, 0.1) is 17.6 Å². The molecule has 4 atom stereocenters. The van der Waals surface area contributed by atoms with Crippen LogP contribution in [0.1, 0.15) is 46.5 Å². The predicted octanol–water partition coefficient (Wildman–Crippen LogP) is 5.55. The van der Waals surface area contributed by atoms with Gasteiger partial charge in [0.2, 0.25) is 5.13 Å². The van der Waals surface area contributed by atoms with Crippen molar-refractivity contribution in [3.63, 3.8) is 0 Å². The van der Waals surface area contributed by atoms with E-state index in [2.05, 4.69) is 10.2 Å². The Morgan fingerprint density at radius 1 is 1.31 bits per heavy atom. The summed E-state index contributed by atoms with van der Waals surface area (Å²) in [5.41, 5.74) is 0.110. The van der Waals surface area contributed by atoms with E-state index in [4.69, 9.17) is 25.8 Å². The highest BCUT2D eigenvalue weighted by Gasteiger charge is 2.50. The molecule has 35 heavy (non-hydrogen) atoms. The van der Waals surface area contributed by atoms with E-state index in [0.29, 0.717) is 33.8 Å². The molecule has 1 aromatic heterocycles. The number of nitrogens with zero attached hydrogens (tertiary/aromatic N) is 4. The molecule has 2 aromatic rings. The van der Waals surface area contributed by atoms with E-state index in [9.17, 15) is 4.79 Å². The fourth-order valence-corrected chi connectivity index (χ4v) is 5.87. The average Bonchev–Trinajstić information content (AvgIpc) is 3.28. The quantitative estimate of drug-likeness (QED) is 0.457. The van der Waals surface area contributed by atoms with Crippen LogP contribution >= 0.6 is 22.9 Å². The number of hydrogen-bond donors (Lipinski definition) is 0. The van der Waals surface area contributed by atoms with E-state index >= 15 is 4.39 Å². The number of anilines is 1. The Hall–Kier alpha value is -2.17. The van der Waals surface area contributed by atoms with Crippen LogP contribution in [0.4, 0.5) is 14.3 Å². The van der Waals surface area contributed by atoms with Crippen molar-refractivity contribution >= 4 is 34.2 Å². The molecule has 2 aliphatic heterocycles. The van der Waals surface area contributed by atoms with Gasteiger partial charge in [-0.05, 0) is 64.7 Å².